The summed E-state index contributed by atoms with van der Waals surface area (Å²) in [7, 11) is 0. The molecule has 0 unspecified atom stereocenters. The first-order valence-corrected chi connectivity index (χ1v) is 17.1. The van der Waals surface area contributed by atoms with Crippen LogP contribution in [0.4, 0.5) is 0 Å². The van der Waals surface area contributed by atoms with Crippen molar-refractivity contribution in [1.29, 1.82) is 0 Å². The van der Waals surface area contributed by atoms with Crippen molar-refractivity contribution in [3.8, 4) is 56.2 Å². The molecule has 10 rings (SSSR count). The van der Waals surface area contributed by atoms with Crippen molar-refractivity contribution < 1.29 is 4.42 Å². The van der Waals surface area contributed by atoms with Crippen LogP contribution in [0.5, 0.6) is 0 Å². The van der Waals surface area contributed by atoms with Crippen molar-refractivity contribution in [3.05, 3.63) is 176 Å². The molecule has 4 heteroatoms. The van der Waals surface area contributed by atoms with E-state index in [2.05, 4.69) is 140 Å². The highest BCUT2D eigenvalue weighted by molar-refractivity contribution is 6.12. The van der Waals surface area contributed by atoms with Gasteiger partial charge in [0.05, 0.1) is 16.9 Å². The molecule has 10 aromatic rings. The molecule has 0 aliphatic carbocycles. The number of para-hydroxylation sites is 1. The SMILES string of the molecule is c1ccc(-c2cc(-c3ccccc3)c3ccc4c(-c5ccc(-c6ccc7oc8ccccc8c7c6)cc5)nc(-c5ccccc5)nc4c3n2)cc1. The standard InChI is InChI=1S/C47H29N3O/c1-4-12-31(13-5-1)39-29-41(32-14-6-2-7-15-32)48-45-37(39)25-26-38-44(49-47(50-46(38)45)34-16-8-3-9-17-34)33-22-20-30(21-23-33)35-24-27-43-40(28-35)36-18-10-11-19-42(36)51-43/h1-29H. The Morgan fingerprint density at radius 3 is 1.69 bits per heavy atom. The van der Waals surface area contributed by atoms with E-state index in [-0.39, 0.29) is 0 Å². The molecular weight excluding hydrogens is 623 g/mol. The molecule has 0 saturated heterocycles. The van der Waals surface area contributed by atoms with Gasteiger partial charge in [-0.15, -0.1) is 0 Å². The molecule has 51 heavy (non-hydrogen) atoms. The van der Waals surface area contributed by atoms with Gasteiger partial charge in [0.1, 0.15) is 16.7 Å². The summed E-state index contributed by atoms with van der Waals surface area (Å²) in [4.78, 5) is 15.8. The summed E-state index contributed by atoms with van der Waals surface area (Å²) in [6, 6.07) is 60.9. The number of benzene rings is 7. The number of hydrogen-bond acceptors (Lipinski definition) is 4. The molecule has 0 fully saturated rings. The summed E-state index contributed by atoms with van der Waals surface area (Å²) in [6.45, 7) is 0. The van der Waals surface area contributed by atoms with Gasteiger partial charge in [0, 0.05) is 38.2 Å². The van der Waals surface area contributed by atoms with Gasteiger partial charge in [-0.3, -0.25) is 0 Å². The lowest BCUT2D eigenvalue weighted by Crippen LogP contribution is -1.98. The normalized spacial score (nSPS) is 11.5. The van der Waals surface area contributed by atoms with Crippen molar-refractivity contribution in [3.63, 3.8) is 0 Å². The Hall–Kier alpha value is -6.91. The van der Waals surface area contributed by atoms with E-state index in [4.69, 9.17) is 19.4 Å². The summed E-state index contributed by atoms with van der Waals surface area (Å²) in [5.74, 6) is 0.667. The molecule has 0 spiro atoms. The third-order valence-electron chi connectivity index (χ3n) is 9.70. The van der Waals surface area contributed by atoms with Gasteiger partial charge in [0.15, 0.2) is 5.82 Å². The van der Waals surface area contributed by atoms with Gasteiger partial charge in [-0.25, -0.2) is 15.0 Å². The molecule has 0 radical (unpaired) electrons. The van der Waals surface area contributed by atoms with Crippen LogP contribution in [0.15, 0.2) is 180 Å². The fourth-order valence-electron chi connectivity index (χ4n) is 7.15. The van der Waals surface area contributed by atoms with Crippen LogP contribution in [0.25, 0.3) is 99.9 Å². The van der Waals surface area contributed by atoms with Gasteiger partial charge in [0.2, 0.25) is 0 Å². The lowest BCUT2D eigenvalue weighted by molar-refractivity contribution is 0.669. The Morgan fingerprint density at radius 1 is 0.333 bits per heavy atom. The first kappa shape index (κ1) is 29.0. The molecule has 0 atom stereocenters. The lowest BCUT2D eigenvalue weighted by Gasteiger charge is -2.15. The number of pyridine rings is 1. The van der Waals surface area contributed by atoms with E-state index >= 15 is 0 Å². The van der Waals surface area contributed by atoms with Crippen LogP contribution in [-0.2, 0) is 0 Å². The molecule has 3 heterocycles. The minimum atomic E-state index is 0.667. The minimum Gasteiger partial charge on any atom is -0.456 e. The summed E-state index contributed by atoms with van der Waals surface area (Å²) in [6.07, 6.45) is 0. The zero-order valence-electron chi connectivity index (χ0n) is 27.5. The van der Waals surface area contributed by atoms with Gasteiger partial charge in [-0.05, 0) is 52.6 Å². The lowest BCUT2D eigenvalue weighted by atomic mass is 9.95. The fraction of sp³-hybridized carbons (Fsp3) is 0. The van der Waals surface area contributed by atoms with Crippen LogP contribution in [0.3, 0.4) is 0 Å². The van der Waals surface area contributed by atoms with Gasteiger partial charge >= 0.3 is 0 Å². The van der Waals surface area contributed by atoms with Crippen molar-refractivity contribution in [2.75, 3.05) is 0 Å². The molecule has 3 aromatic heterocycles. The third kappa shape index (κ3) is 5.04. The number of furan rings is 1. The van der Waals surface area contributed by atoms with Crippen molar-refractivity contribution in [2.45, 2.75) is 0 Å². The Labute approximate surface area is 294 Å². The van der Waals surface area contributed by atoms with E-state index in [1.165, 1.54) is 0 Å². The minimum absolute atomic E-state index is 0.667. The van der Waals surface area contributed by atoms with Crippen LogP contribution >= 0.6 is 0 Å². The Kier molecular flexibility index (Phi) is 6.78. The van der Waals surface area contributed by atoms with E-state index < -0.39 is 0 Å². The van der Waals surface area contributed by atoms with Gasteiger partial charge in [-0.1, -0.05) is 146 Å². The highest BCUT2D eigenvalue weighted by Gasteiger charge is 2.18. The van der Waals surface area contributed by atoms with E-state index in [0.717, 1.165) is 94.1 Å². The fourth-order valence-corrected chi connectivity index (χ4v) is 7.15. The quantitative estimate of drug-likeness (QED) is 0.174. The van der Waals surface area contributed by atoms with Gasteiger partial charge in [0.25, 0.3) is 0 Å². The van der Waals surface area contributed by atoms with Crippen LogP contribution < -0.4 is 0 Å². The van der Waals surface area contributed by atoms with E-state index in [1.807, 2.05) is 36.4 Å². The predicted octanol–water partition coefficient (Wildman–Crippen LogP) is 12.4. The molecular formula is C47H29N3O. The topological polar surface area (TPSA) is 51.8 Å². The molecule has 238 valence electrons. The maximum absolute atomic E-state index is 6.08. The van der Waals surface area contributed by atoms with E-state index in [0.29, 0.717) is 5.82 Å². The third-order valence-corrected chi connectivity index (χ3v) is 9.70. The second-order valence-corrected chi connectivity index (χ2v) is 12.8. The molecule has 0 amide bonds. The smallest absolute Gasteiger partial charge is 0.160 e. The van der Waals surface area contributed by atoms with Crippen LogP contribution in [0.2, 0.25) is 0 Å². The number of fused-ring (bicyclic) bond motifs is 6. The van der Waals surface area contributed by atoms with Crippen LogP contribution in [0, 0.1) is 0 Å². The number of hydrogen-bond donors (Lipinski definition) is 0. The van der Waals surface area contributed by atoms with Crippen LogP contribution in [0.1, 0.15) is 0 Å². The van der Waals surface area contributed by atoms with E-state index in [9.17, 15) is 0 Å². The molecule has 0 aliphatic rings. The molecule has 0 N–H and O–H groups in total. The zero-order valence-corrected chi connectivity index (χ0v) is 27.5. The average Bonchev–Trinajstić information content (AvgIpc) is 3.59. The second-order valence-electron chi connectivity index (χ2n) is 12.8. The largest absolute Gasteiger partial charge is 0.456 e. The summed E-state index contributed by atoms with van der Waals surface area (Å²) in [5.41, 5.74) is 12.8. The molecule has 4 nitrogen and oxygen atoms in total. The number of rotatable bonds is 5. The maximum Gasteiger partial charge on any atom is 0.160 e. The summed E-state index contributed by atoms with van der Waals surface area (Å²) < 4.78 is 6.08. The highest BCUT2D eigenvalue weighted by atomic mass is 16.3. The van der Waals surface area contributed by atoms with Crippen molar-refractivity contribution in [1.82, 2.24) is 15.0 Å². The maximum atomic E-state index is 6.08. The molecule has 7 aromatic carbocycles. The molecule has 0 bridgehead atoms. The number of nitrogens with zero attached hydrogens (tertiary/aromatic N) is 3. The molecule has 0 aliphatic heterocycles. The Bertz CT molecular complexity index is 2880. The summed E-state index contributed by atoms with van der Waals surface area (Å²) >= 11 is 0. The molecule has 0 saturated carbocycles. The van der Waals surface area contributed by atoms with E-state index in [1.54, 1.807) is 0 Å². The van der Waals surface area contributed by atoms with Gasteiger partial charge in [-0.2, -0.15) is 0 Å². The first-order valence-electron chi connectivity index (χ1n) is 17.1. The average molecular weight is 652 g/mol. The first-order chi connectivity index (χ1) is 25.3. The van der Waals surface area contributed by atoms with Crippen LogP contribution in [-0.4, -0.2) is 15.0 Å². The zero-order chi connectivity index (χ0) is 33.7. The van der Waals surface area contributed by atoms with Crippen molar-refractivity contribution in [2.24, 2.45) is 0 Å². The monoisotopic (exact) mass is 651 g/mol. The van der Waals surface area contributed by atoms with Gasteiger partial charge < -0.3 is 4.42 Å². The van der Waals surface area contributed by atoms with Crippen molar-refractivity contribution >= 4 is 43.7 Å². The highest BCUT2D eigenvalue weighted by Crippen LogP contribution is 2.39. The predicted molar refractivity (Wildman–Crippen MR) is 209 cm³/mol. The Balaban J connectivity index is 1.18. The summed E-state index contributed by atoms with van der Waals surface area (Å²) in [5, 5.41) is 4.25. The Morgan fingerprint density at radius 2 is 0.922 bits per heavy atom. The number of aromatic nitrogens is 3. The second kappa shape index (κ2) is 11.9.